The zero-order valence-electron chi connectivity index (χ0n) is 9.75. The van der Waals surface area contributed by atoms with Crippen LogP contribution in [-0.4, -0.2) is 25.9 Å². The third-order valence-corrected chi connectivity index (χ3v) is 3.74. The number of nitrogens with one attached hydrogen (secondary N) is 1. The summed E-state index contributed by atoms with van der Waals surface area (Å²) in [5.41, 5.74) is 1.34. The lowest BCUT2D eigenvalue weighted by Gasteiger charge is -2.18. The number of carbonyl (C=O) groups excluding carboxylic acids is 1. The minimum atomic E-state index is -0.317. The van der Waals surface area contributed by atoms with Crippen LogP contribution < -0.4 is 5.32 Å². The minimum absolute atomic E-state index is 0.202. The topological polar surface area (TPSA) is 47.6 Å². The Morgan fingerprint density at radius 2 is 2.12 bits per heavy atom. The zero-order chi connectivity index (χ0) is 12.5. The summed E-state index contributed by atoms with van der Waals surface area (Å²) < 4.78 is 11.1. The second kappa shape index (κ2) is 4.81. The van der Waals surface area contributed by atoms with E-state index in [-0.39, 0.29) is 11.7 Å². The molecule has 17 heavy (non-hydrogen) atoms. The van der Waals surface area contributed by atoms with Crippen molar-refractivity contribution in [1.82, 2.24) is 0 Å². The lowest BCUT2D eigenvalue weighted by Crippen LogP contribution is -2.23. The monoisotopic (exact) mass is 347 g/mol. The minimum Gasteiger partial charge on any atom is -0.465 e. The van der Waals surface area contributed by atoms with Gasteiger partial charge in [-0.1, -0.05) is 0 Å². The summed E-state index contributed by atoms with van der Waals surface area (Å²) in [4.78, 5) is 11.4. The fraction of sp³-hybridized carbons (Fsp3) is 0.417. The Bertz CT molecular complexity index is 443. The van der Waals surface area contributed by atoms with Gasteiger partial charge in [-0.15, -0.1) is 0 Å². The van der Waals surface area contributed by atoms with Crippen molar-refractivity contribution in [3.63, 3.8) is 0 Å². The highest BCUT2D eigenvalue weighted by molar-refractivity contribution is 14.1. The largest absolute Gasteiger partial charge is 0.465 e. The van der Waals surface area contributed by atoms with Crippen LogP contribution in [0, 0.1) is 3.57 Å². The van der Waals surface area contributed by atoms with Gasteiger partial charge in [-0.25, -0.2) is 4.79 Å². The molecule has 0 heterocycles. The number of carbonyl (C=O) groups is 1. The lowest BCUT2D eigenvalue weighted by molar-refractivity contribution is 0.0600. The molecular weight excluding hydrogens is 333 g/mol. The van der Waals surface area contributed by atoms with Gasteiger partial charge in [0.2, 0.25) is 0 Å². The average molecular weight is 347 g/mol. The first-order valence-electron chi connectivity index (χ1n) is 5.31. The summed E-state index contributed by atoms with van der Waals surface area (Å²) in [5.74, 6) is -0.317. The van der Waals surface area contributed by atoms with Gasteiger partial charge in [-0.2, -0.15) is 0 Å². The van der Waals surface area contributed by atoms with Crippen molar-refractivity contribution in [1.29, 1.82) is 0 Å². The summed E-state index contributed by atoms with van der Waals surface area (Å²) >= 11 is 2.19. The molecule has 2 rings (SSSR count). The first-order chi connectivity index (χ1) is 8.10. The van der Waals surface area contributed by atoms with Crippen molar-refractivity contribution in [2.24, 2.45) is 0 Å². The molecular formula is C12H14INO3. The van der Waals surface area contributed by atoms with E-state index in [1.807, 2.05) is 6.07 Å². The lowest BCUT2D eigenvalue weighted by atomic mass is 10.2. The van der Waals surface area contributed by atoms with E-state index in [1.54, 1.807) is 19.2 Å². The number of benzene rings is 1. The van der Waals surface area contributed by atoms with Crippen molar-refractivity contribution in [3.05, 3.63) is 27.3 Å². The first-order valence-corrected chi connectivity index (χ1v) is 6.39. The Kier molecular flexibility index (Phi) is 3.58. The Hall–Kier alpha value is -0.820. The van der Waals surface area contributed by atoms with Crippen molar-refractivity contribution >= 4 is 34.2 Å². The van der Waals surface area contributed by atoms with Crippen molar-refractivity contribution < 1.29 is 14.3 Å². The molecule has 0 radical (unpaired) electrons. The van der Waals surface area contributed by atoms with Crippen LogP contribution in [0.1, 0.15) is 23.2 Å². The second-order valence-electron chi connectivity index (χ2n) is 4.01. The molecule has 1 fully saturated rings. The fourth-order valence-corrected chi connectivity index (χ4v) is 2.25. The third-order valence-electron chi connectivity index (χ3n) is 2.85. The van der Waals surface area contributed by atoms with Gasteiger partial charge in [-0.05, 0) is 53.6 Å². The molecule has 1 N–H and O–H groups in total. The zero-order valence-corrected chi connectivity index (χ0v) is 11.9. The molecule has 1 aliphatic rings. The van der Waals surface area contributed by atoms with Gasteiger partial charge in [0.1, 0.15) is 5.72 Å². The Labute approximate surface area is 114 Å². The average Bonchev–Trinajstić information content (AvgIpc) is 3.11. The van der Waals surface area contributed by atoms with Crippen LogP contribution in [0.5, 0.6) is 0 Å². The van der Waals surface area contributed by atoms with Crippen LogP contribution in [0.25, 0.3) is 0 Å². The highest BCUT2D eigenvalue weighted by Crippen LogP contribution is 2.40. The predicted octanol–water partition coefficient (Wildman–Crippen LogP) is 2.63. The molecule has 0 atom stereocenters. The summed E-state index contributed by atoms with van der Waals surface area (Å²) in [6, 6.07) is 5.44. The molecule has 1 aromatic rings. The molecule has 4 nitrogen and oxygen atoms in total. The molecule has 0 amide bonds. The van der Waals surface area contributed by atoms with Gasteiger partial charge in [0.15, 0.2) is 0 Å². The number of methoxy groups -OCH3 is 2. The van der Waals surface area contributed by atoms with Gasteiger partial charge in [0.25, 0.3) is 0 Å². The quantitative estimate of drug-likeness (QED) is 0.517. The summed E-state index contributed by atoms with van der Waals surface area (Å²) in [6.07, 6.45) is 2.02. The normalized spacial score (nSPS) is 16.4. The second-order valence-corrected chi connectivity index (χ2v) is 5.17. The van der Waals surface area contributed by atoms with Gasteiger partial charge in [-0.3, -0.25) is 0 Å². The summed E-state index contributed by atoms with van der Waals surface area (Å²) in [5, 5.41) is 3.35. The molecule has 1 saturated carbocycles. The van der Waals surface area contributed by atoms with E-state index in [0.717, 1.165) is 22.1 Å². The number of anilines is 1. The molecule has 1 aromatic carbocycles. The number of halogens is 1. The Balaban J connectivity index is 2.17. The van der Waals surface area contributed by atoms with Gasteiger partial charge >= 0.3 is 5.97 Å². The van der Waals surface area contributed by atoms with E-state index < -0.39 is 0 Å². The van der Waals surface area contributed by atoms with Crippen LogP contribution >= 0.6 is 22.6 Å². The molecule has 0 saturated heterocycles. The Morgan fingerprint density at radius 3 is 2.59 bits per heavy atom. The van der Waals surface area contributed by atoms with Crippen molar-refractivity contribution in [2.75, 3.05) is 19.5 Å². The van der Waals surface area contributed by atoms with E-state index in [1.165, 1.54) is 7.11 Å². The molecule has 92 valence electrons. The third kappa shape index (κ3) is 2.71. The predicted molar refractivity (Wildman–Crippen MR) is 73.1 cm³/mol. The van der Waals surface area contributed by atoms with Crippen molar-refractivity contribution in [2.45, 2.75) is 18.6 Å². The smallest absolute Gasteiger partial charge is 0.337 e. The highest BCUT2D eigenvalue weighted by Gasteiger charge is 2.43. The van der Waals surface area contributed by atoms with Gasteiger partial charge in [0, 0.05) is 16.4 Å². The molecule has 1 aliphatic carbocycles. The Morgan fingerprint density at radius 1 is 1.41 bits per heavy atom. The van der Waals surface area contributed by atoms with E-state index in [9.17, 15) is 4.79 Å². The van der Waals surface area contributed by atoms with Crippen LogP contribution in [0.3, 0.4) is 0 Å². The summed E-state index contributed by atoms with van der Waals surface area (Å²) in [7, 11) is 3.08. The maximum Gasteiger partial charge on any atom is 0.337 e. The van der Waals surface area contributed by atoms with Crippen molar-refractivity contribution in [3.8, 4) is 0 Å². The highest BCUT2D eigenvalue weighted by atomic mass is 127. The van der Waals surface area contributed by atoms with Crippen LogP contribution in [0.4, 0.5) is 5.69 Å². The van der Waals surface area contributed by atoms with Crippen LogP contribution in [0.15, 0.2) is 18.2 Å². The molecule has 0 aliphatic heterocycles. The number of hydrogen-bond donors (Lipinski definition) is 1. The summed E-state index contributed by atoms with van der Waals surface area (Å²) in [6.45, 7) is 0. The van der Waals surface area contributed by atoms with Gasteiger partial charge < -0.3 is 14.8 Å². The number of rotatable bonds is 4. The number of esters is 1. The molecule has 0 spiro atoms. The van der Waals surface area contributed by atoms with E-state index >= 15 is 0 Å². The fourth-order valence-electron chi connectivity index (χ4n) is 1.60. The van der Waals surface area contributed by atoms with Gasteiger partial charge in [0.05, 0.1) is 12.7 Å². The van der Waals surface area contributed by atoms with Crippen LogP contribution in [0.2, 0.25) is 0 Å². The first kappa shape index (κ1) is 12.6. The maximum atomic E-state index is 11.4. The standard InChI is InChI=1S/C12H14INO3/c1-16-11(15)8-3-4-10(9(13)7-8)14-12(17-2)5-6-12/h3-4,7,14H,5-6H2,1-2H3. The number of ether oxygens (including phenoxy) is 2. The molecule has 0 bridgehead atoms. The van der Waals surface area contributed by atoms with E-state index in [4.69, 9.17) is 4.74 Å². The van der Waals surface area contributed by atoms with E-state index in [0.29, 0.717) is 5.56 Å². The molecule has 5 heteroatoms. The van der Waals surface area contributed by atoms with Crippen LogP contribution in [-0.2, 0) is 9.47 Å². The SMILES string of the molecule is COC(=O)c1ccc(NC2(OC)CC2)c(I)c1. The molecule has 0 unspecified atom stereocenters. The molecule has 0 aromatic heterocycles. The maximum absolute atomic E-state index is 11.4. The van der Waals surface area contributed by atoms with E-state index in [2.05, 4.69) is 32.6 Å². The number of hydrogen-bond acceptors (Lipinski definition) is 4.